The maximum absolute atomic E-state index is 13.9. The first kappa shape index (κ1) is 25.1. The van der Waals surface area contributed by atoms with Gasteiger partial charge in [-0.15, -0.1) is 0 Å². The number of hydrogen-bond donors (Lipinski definition) is 0. The molecule has 0 saturated carbocycles. The molecule has 4 aromatic rings. The molecule has 198 valence electrons. The van der Waals surface area contributed by atoms with Crippen LogP contribution in [0.3, 0.4) is 0 Å². The van der Waals surface area contributed by atoms with Crippen molar-refractivity contribution in [3.8, 4) is 5.75 Å². The van der Waals surface area contributed by atoms with Gasteiger partial charge in [-0.25, -0.2) is 9.47 Å². The number of benzene rings is 3. The van der Waals surface area contributed by atoms with E-state index >= 15 is 0 Å². The number of carbonyl (C=O) groups excluding carboxylic acids is 1. The summed E-state index contributed by atoms with van der Waals surface area (Å²) in [7, 11) is 2.11. The molecule has 1 amide bonds. The van der Waals surface area contributed by atoms with Crippen LogP contribution in [0, 0.1) is 0 Å². The van der Waals surface area contributed by atoms with Crippen molar-refractivity contribution in [2.45, 2.75) is 13.0 Å². The van der Waals surface area contributed by atoms with Gasteiger partial charge in [0.25, 0.3) is 5.91 Å². The molecular formula is C32H33N4O3+. The number of quaternary nitrogens is 1. The number of nitrogens with zero attached hydrogens (tertiary/aromatic N) is 4. The third-order valence-corrected chi connectivity index (χ3v) is 7.43. The predicted molar refractivity (Wildman–Crippen MR) is 154 cm³/mol. The molecule has 3 aromatic carbocycles. The Kier molecular flexibility index (Phi) is 7.00. The van der Waals surface area contributed by atoms with Gasteiger partial charge in [0.2, 0.25) is 5.82 Å². The Bertz CT molecular complexity index is 1530. The van der Waals surface area contributed by atoms with Gasteiger partial charge in [-0.3, -0.25) is 9.36 Å². The van der Waals surface area contributed by atoms with Crippen LogP contribution in [0.2, 0.25) is 0 Å². The first-order valence-corrected chi connectivity index (χ1v) is 13.5. The number of para-hydroxylation sites is 1. The molecule has 1 atom stereocenters. The average molecular weight is 522 g/mol. The van der Waals surface area contributed by atoms with E-state index in [0.717, 1.165) is 52.0 Å². The van der Waals surface area contributed by atoms with Crippen LogP contribution in [0.4, 0.5) is 5.82 Å². The molecule has 0 N–H and O–H groups in total. The zero-order valence-corrected chi connectivity index (χ0v) is 22.2. The minimum Gasteiger partial charge on any atom is -0.494 e. The van der Waals surface area contributed by atoms with Crippen molar-refractivity contribution in [2.24, 2.45) is 0 Å². The number of fused-ring (bicyclic) bond motifs is 1. The van der Waals surface area contributed by atoms with E-state index in [1.165, 1.54) is 0 Å². The van der Waals surface area contributed by atoms with Crippen molar-refractivity contribution in [1.82, 2.24) is 18.9 Å². The number of imidazole rings is 1. The van der Waals surface area contributed by atoms with Crippen molar-refractivity contribution in [3.63, 3.8) is 0 Å². The Morgan fingerprint density at radius 3 is 2.59 bits per heavy atom. The average Bonchev–Trinajstić information content (AvgIpc) is 3.61. The van der Waals surface area contributed by atoms with E-state index in [-0.39, 0.29) is 5.91 Å². The van der Waals surface area contributed by atoms with Gasteiger partial charge in [0.05, 0.1) is 38.8 Å². The fourth-order valence-electron chi connectivity index (χ4n) is 5.46. The van der Waals surface area contributed by atoms with Gasteiger partial charge in [0.1, 0.15) is 29.9 Å². The van der Waals surface area contributed by atoms with Gasteiger partial charge in [0, 0.05) is 19.6 Å². The van der Waals surface area contributed by atoms with Crippen molar-refractivity contribution in [3.05, 3.63) is 109 Å². The van der Waals surface area contributed by atoms with Crippen LogP contribution in [0.5, 0.6) is 5.75 Å². The maximum atomic E-state index is 13.9. The lowest BCUT2D eigenvalue weighted by Gasteiger charge is -2.27. The number of amides is 1. The first-order valence-electron chi connectivity index (χ1n) is 13.5. The predicted octanol–water partition coefficient (Wildman–Crippen LogP) is 5.24. The Hall–Kier alpha value is -4.20. The quantitative estimate of drug-likeness (QED) is 0.235. The summed E-state index contributed by atoms with van der Waals surface area (Å²) in [5.41, 5.74) is 2.73. The van der Waals surface area contributed by atoms with E-state index in [2.05, 4.69) is 65.4 Å². The van der Waals surface area contributed by atoms with Crippen molar-refractivity contribution >= 4 is 28.1 Å². The highest BCUT2D eigenvalue weighted by molar-refractivity contribution is 6.14. The number of rotatable bonds is 8. The smallest absolute Gasteiger partial charge is 0.260 e. The zero-order chi connectivity index (χ0) is 26.7. The summed E-state index contributed by atoms with van der Waals surface area (Å²) in [4.78, 5) is 20.3. The topological polar surface area (TPSA) is 56.6 Å². The molecule has 0 bridgehead atoms. The molecule has 0 aliphatic carbocycles. The minimum atomic E-state index is 0.0432. The molecule has 1 aromatic heterocycles. The summed E-state index contributed by atoms with van der Waals surface area (Å²) in [5, 5.41) is 2.28. The third kappa shape index (κ3) is 5.11. The SMILES string of the molecule is C[N+]1(c2cncn2CCCOc2ccccc2)C=C(C(=O)N2CCOCC2)C(c2cccc3ccccc23)=C1. The molecule has 1 unspecified atom stereocenters. The number of carbonyl (C=O) groups is 1. The van der Waals surface area contributed by atoms with E-state index < -0.39 is 0 Å². The molecule has 7 heteroatoms. The molecule has 6 rings (SSSR count). The second kappa shape index (κ2) is 10.9. The third-order valence-electron chi connectivity index (χ3n) is 7.43. The Morgan fingerprint density at radius 2 is 1.74 bits per heavy atom. The number of aryl methyl sites for hydroxylation is 1. The van der Waals surface area contributed by atoms with E-state index in [1.54, 1.807) is 0 Å². The van der Waals surface area contributed by atoms with Crippen molar-refractivity contribution in [1.29, 1.82) is 0 Å². The van der Waals surface area contributed by atoms with Gasteiger partial charge < -0.3 is 14.4 Å². The Labute approximate surface area is 228 Å². The maximum Gasteiger partial charge on any atom is 0.260 e. The van der Waals surface area contributed by atoms with Crippen molar-refractivity contribution < 1.29 is 14.3 Å². The Morgan fingerprint density at radius 1 is 0.974 bits per heavy atom. The molecule has 2 aliphatic heterocycles. The summed E-state index contributed by atoms with van der Waals surface area (Å²) in [6.07, 6.45) is 8.85. The lowest BCUT2D eigenvalue weighted by molar-refractivity contribution is -0.130. The Balaban J connectivity index is 1.33. The van der Waals surface area contributed by atoms with Crippen LogP contribution in [0.25, 0.3) is 16.3 Å². The number of hydrogen-bond acceptors (Lipinski definition) is 4. The molecular weight excluding hydrogens is 488 g/mol. The van der Waals surface area contributed by atoms with E-state index in [9.17, 15) is 4.79 Å². The van der Waals surface area contributed by atoms with Crippen molar-refractivity contribution in [2.75, 3.05) is 40.0 Å². The normalized spacial score (nSPS) is 19.2. The van der Waals surface area contributed by atoms with Gasteiger partial charge >= 0.3 is 0 Å². The van der Waals surface area contributed by atoms with Gasteiger partial charge in [0.15, 0.2) is 0 Å². The lowest BCUT2D eigenvalue weighted by Crippen LogP contribution is -2.41. The second-order valence-corrected chi connectivity index (χ2v) is 10.1. The van der Waals surface area contributed by atoms with E-state index in [4.69, 9.17) is 9.47 Å². The van der Waals surface area contributed by atoms with Gasteiger partial charge in [-0.2, -0.15) is 0 Å². The van der Waals surface area contributed by atoms with E-state index in [0.29, 0.717) is 37.4 Å². The monoisotopic (exact) mass is 521 g/mol. The van der Waals surface area contributed by atoms with Gasteiger partial charge in [-0.1, -0.05) is 60.7 Å². The largest absolute Gasteiger partial charge is 0.494 e. The number of aromatic nitrogens is 2. The molecule has 0 spiro atoms. The highest BCUT2D eigenvalue weighted by Crippen LogP contribution is 2.40. The fourth-order valence-corrected chi connectivity index (χ4v) is 5.46. The molecule has 0 radical (unpaired) electrons. The molecule has 1 fully saturated rings. The van der Waals surface area contributed by atoms with E-state index in [1.807, 2.05) is 53.8 Å². The van der Waals surface area contributed by atoms with Gasteiger partial charge in [-0.05, 0) is 34.9 Å². The summed E-state index contributed by atoms with van der Waals surface area (Å²) < 4.78 is 13.9. The summed E-state index contributed by atoms with van der Waals surface area (Å²) in [6, 6.07) is 24.5. The summed E-state index contributed by atoms with van der Waals surface area (Å²) in [5.74, 6) is 1.91. The van der Waals surface area contributed by atoms with Crippen LogP contribution < -0.4 is 9.22 Å². The lowest BCUT2D eigenvalue weighted by atomic mass is 9.94. The standard InChI is InChI=1S/C32H33N4O3/c1-36(31-21-33-24-35(31)15-8-18-39-26-11-3-2-4-12-26)22-29(28-14-7-10-25-9-5-6-13-27(25)28)30(23-36)32(37)34-16-19-38-20-17-34/h2-7,9-14,21-24H,8,15-20H2,1H3/q+1. The highest BCUT2D eigenvalue weighted by Gasteiger charge is 2.39. The number of morpholine rings is 1. The van der Waals surface area contributed by atoms with Crippen LogP contribution in [-0.4, -0.2) is 60.3 Å². The van der Waals surface area contributed by atoms with Crippen LogP contribution >= 0.6 is 0 Å². The van der Waals surface area contributed by atoms with Crippen LogP contribution in [-0.2, 0) is 16.1 Å². The van der Waals surface area contributed by atoms with Crippen LogP contribution in [0.15, 0.2) is 103 Å². The zero-order valence-electron chi connectivity index (χ0n) is 22.2. The molecule has 39 heavy (non-hydrogen) atoms. The summed E-state index contributed by atoms with van der Waals surface area (Å²) in [6.45, 7) is 3.70. The molecule has 1 saturated heterocycles. The highest BCUT2D eigenvalue weighted by atomic mass is 16.5. The second-order valence-electron chi connectivity index (χ2n) is 10.1. The minimum absolute atomic E-state index is 0.0432. The van der Waals surface area contributed by atoms with Crippen LogP contribution in [0.1, 0.15) is 12.0 Å². The molecule has 2 aliphatic rings. The summed E-state index contributed by atoms with van der Waals surface area (Å²) >= 11 is 0. The fraction of sp³-hybridized carbons (Fsp3) is 0.250. The molecule has 3 heterocycles. The first-order chi connectivity index (χ1) is 19.1. The molecule has 7 nitrogen and oxygen atoms in total. The number of ether oxygens (including phenoxy) is 2.